The van der Waals surface area contributed by atoms with Crippen molar-refractivity contribution in [2.75, 3.05) is 0 Å². The molecule has 0 fully saturated rings. The fraction of sp³-hybridized carbons (Fsp3) is 0.583. The number of aromatic amines is 1. The highest BCUT2D eigenvalue weighted by Gasteiger charge is 2.32. The van der Waals surface area contributed by atoms with Gasteiger partial charge in [0.25, 0.3) is 0 Å². The molecule has 0 aromatic carbocycles. The van der Waals surface area contributed by atoms with E-state index in [9.17, 15) is 14.7 Å². The number of aliphatic carboxylic acids is 1. The lowest BCUT2D eigenvalue weighted by Gasteiger charge is -2.23. The Balaban J connectivity index is 2.98. The number of rotatable bonds is 7. The lowest BCUT2D eigenvalue weighted by atomic mass is 9.82. The van der Waals surface area contributed by atoms with Gasteiger partial charge in [0, 0.05) is 24.7 Å². The summed E-state index contributed by atoms with van der Waals surface area (Å²) in [7, 11) is 0. The molecule has 0 saturated carbocycles. The van der Waals surface area contributed by atoms with Crippen molar-refractivity contribution in [3.63, 3.8) is 0 Å². The Kier molecular flexibility index (Phi) is 4.88. The van der Waals surface area contributed by atoms with E-state index in [1.54, 1.807) is 12.4 Å². The van der Waals surface area contributed by atoms with E-state index >= 15 is 0 Å². The van der Waals surface area contributed by atoms with Crippen LogP contribution in [0.4, 0.5) is 0 Å². The molecule has 1 rings (SSSR count). The standard InChI is InChI=1S/C12H19N3O3/c1-7(2)5-8(11-14-3-4-15-11)9(12(17)18)6-10(13)16/h3-4,7-9H,5-6H2,1-2H3,(H2,13,16)(H,14,15)(H,17,18)/t8-,9?/m0/s1. The van der Waals surface area contributed by atoms with Crippen LogP contribution in [0.25, 0.3) is 0 Å². The van der Waals surface area contributed by atoms with E-state index in [1.165, 1.54) is 0 Å². The molecule has 4 N–H and O–H groups in total. The Morgan fingerprint density at radius 2 is 2.17 bits per heavy atom. The summed E-state index contributed by atoms with van der Waals surface area (Å²) in [5.41, 5.74) is 5.12. The zero-order chi connectivity index (χ0) is 13.7. The number of carbonyl (C=O) groups excluding carboxylic acids is 1. The molecule has 0 radical (unpaired) electrons. The number of carboxylic acid groups (broad SMARTS) is 1. The lowest BCUT2D eigenvalue weighted by Crippen LogP contribution is -2.29. The van der Waals surface area contributed by atoms with Gasteiger partial charge in [0.15, 0.2) is 0 Å². The third-order valence-corrected chi connectivity index (χ3v) is 2.82. The summed E-state index contributed by atoms with van der Waals surface area (Å²) in [6, 6.07) is 0. The van der Waals surface area contributed by atoms with Crippen LogP contribution < -0.4 is 5.73 Å². The van der Waals surface area contributed by atoms with Crippen LogP contribution in [-0.4, -0.2) is 27.0 Å². The van der Waals surface area contributed by atoms with E-state index in [2.05, 4.69) is 9.97 Å². The molecular weight excluding hydrogens is 234 g/mol. The van der Waals surface area contributed by atoms with Crippen LogP contribution >= 0.6 is 0 Å². The molecule has 1 aromatic rings. The van der Waals surface area contributed by atoms with E-state index in [4.69, 9.17) is 5.73 Å². The third kappa shape index (κ3) is 3.87. The number of carboxylic acids is 1. The van der Waals surface area contributed by atoms with Crippen LogP contribution in [0.5, 0.6) is 0 Å². The van der Waals surface area contributed by atoms with Crippen LogP contribution in [0.3, 0.4) is 0 Å². The second-order valence-corrected chi connectivity index (χ2v) is 4.83. The van der Waals surface area contributed by atoms with Gasteiger partial charge in [-0.15, -0.1) is 0 Å². The van der Waals surface area contributed by atoms with Crippen molar-refractivity contribution in [1.82, 2.24) is 9.97 Å². The largest absolute Gasteiger partial charge is 0.481 e. The molecular formula is C12H19N3O3. The number of hydrogen-bond donors (Lipinski definition) is 3. The average molecular weight is 253 g/mol. The molecule has 100 valence electrons. The Labute approximate surface area is 106 Å². The van der Waals surface area contributed by atoms with E-state index in [0.29, 0.717) is 18.2 Å². The predicted octanol–water partition coefficient (Wildman–Crippen LogP) is 1.12. The van der Waals surface area contributed by atoms with E-state index in [1.807, 2.05) is 13.8 Å². The number of nitrogens with zero attached hydrogens (tertiary/aromatic N) is 1. The van der Waals surface area contributed by atoms with Crippen molar-refractivity contribution < 1.29 is 14.7 Å². The Hall–Kier alpha value is -1.85. The predicted molar refractivity (Wildman–Crippen MR) is 65.7 cm³/mol. The molecule has 6 nitrogen and oxygen atoms in total. The van der Waals surface area contributed by atoms with Crippen molar-refractivity contribution in [3.8, 4) is 0 Å². The molecule has 1 heterocycles. The zero-order valence-corrected chi connectivity index (χ0v) is 10.6. The van der Waals surface area contributed by atoms with E-state index in [0.717, 1.165) is 0 Å². The fourth-order valence-corrected chi connectivity index (χ4v) is 2.07. The smallest absolute Gasteiger partial charge is 0.307 e. The quantitative estimate of drug-likeness (QED) is 0.676. The number of imidazole rings is 1. The van der Waals surface area contributed by atoms with Gasteiger partial charge < -0.3 is 15.8 Å². The zero-order valence-electron chi connectivity index (χ0n) is 10.6. The first-order valence-corrected chi connectivity index (χ1v) is 5.92. The Bertz CT molecular complexity index is 401. The van der Waals surface area contributed by atoms with Crippen LogP contribution in [0.15, 0.2) is 12.4 Å². The molecule has 6 heteroatoms. The maximum atomic E-state index is 11.3. The molecule has 1 aromatic heterocycles. The normalized spacial score (nSPS) is 14.4. The molecule has 0 aliphatic rings. The monoisotopic (exact) mass is 253 g/mol. The van der Waals surface area contributed by atoms with Crippen LogP contribution in [-0.2, 0) is 9.59 Å². The summed E-state index contributed by atoms with van der Waals surface area (Å²) < 4.78 is 0. The number of hydrogen-bond acceptors (Lipinski definition) is 3. The van der Waals surface area contributed by atoms with Gasteiger partial charge in [-0.2, -0.15) is 0 Å². The Morgan fingerprint density at radius 3 is 2.56 bits per heavy atom. The minimum Gasteiger partial charge on any atom is -0.481 e. The topological polar surface area (TPSA) is 109 Å². The first-order valence-electron chi connectivity index (χ1n) is 5.92. The SMILES string of the molecule is CC(C)C[C@H](c1ncc[nH]1)C(CC(N)=O)C(=O)O. The van der Waals surface area contributed by atoms with Gasteiger partial charge in [0.05, 0.1) is 5.92 Å². The van der Waals surface area contributed by atoms with Crippen molar-refractivity contribution in [2.45, 2.75) is 32.6 Å². The second kappa shape index (κ2) is 6.18. The molecule has 1 unspecified atom stereocenters. The number of amides is 1. The summed E-state index contributed by atoms with van der Waals surface area (Å²) in [5.74, 6) is -1.90. The number of aromatic nitrogens is 2. The van der Waals surface area contributed by atoms with E-state index < -0.39 is 17.8 Å². The first kappa shape index (κ1) is 14.2. The maximum Gasteiger partial charge on any atom is 0.307 e. The molecule has 0 aliphatic carbocycles. The van der Waals surface area contributed by atoms with Crippen molar-refractivity contribution >= 4 is 11.9 Å². The summed E-state index contributed by atoms with van der Waals surface area (Å²) in [5, 5.41) is 9.25. The van der Waals surface area contributed by atoms with Gasteiger partial charge in [-0.1, -0.05) is 13.8 Å². The molecule has 0 aliphatic heterocycles. The molecule has 18 heavy (non-hydrogen) atoms. The van der Waals surface area contributed by atoms with Crippen LogP contribution in [0.2, 0.25) is 0 Å². The molecule has 0 spiro atoms. The van der Waals surface area contributed by atoms with Crippen molar-refractivity contribution in [1.29, 1.82) is 0 Å². The summed E-state index contributed by atoms with van der Waals surface area (Å²) in [6.45, 7) is 4.00. The highest BCUT2D eigenvalue weighted by molar-refractivity contribution is 5.81. The number of H-pyrrole nitrogens is 1. The van der Waals surface area contributed by atoms with Gasteiger partial charge >= 0.3 is 5.97 Å². The van der Waals surface area contributed by atoms with Crippen LogP contribution in [0.1, 0.15) is 38.4 Å². The van der Waals surface area contributed by atoms with Gasteiger partial charge in [-0.3, -0.25) is 9.59 Å². The number of carbonyl (C=O) groups is 2. The lowest BCUT2D eigenvalue weighted by molar-refractivity contribution is -0.144. The van der Waals surface area contributed by atoms with Gasteiger partial charge in [0.2, 0.25) is 5.91 Å². The maximum absolute atomic E-state index is 11.3. The van der Waals surface area contributed by atoms with Gasteiger partial charge in [-0.25, -0.2) is 4.98 Å². The second-order valence-electron chi connectivity index (χ2n) is 4.83. The summed E-state index contributed by atoms with van der Waals surface area (Å²) >= 11 is 0. The van der Waals surface area contributed by atoms with Crippen LogP contribution in [0, 0.1) is 11.8 Å². The fourth-order valence-electron chi connectivity index (χ4n) is 2.07. The third-order valence-electron chi connectivity index (χ3n) is 2.82. The highest BCUT2D eigenvalue weighted by atomic mass is 16.4. The van der Waals surface area contributed by atoms with Crippen molar-refractivity contribution in [3.05, 3.63) is 18.2 Å². The molecule has 2 atom stereocenters. The van der Waals surface area contributed by atoms with Gasteiger partial charge in [0.1, 0.15) is 5.82 Å². The highest BCUT2D eigenvalue weighted by Crippen LogP contribution is 2.31. The Morgan fingerprint density at radius 1 is 1.50 bits per heavy atom. The molecule has 0 bridgehead atoms. The van der Waals surface area contributed by atoms with Crippen molar-refractivity contribution in [2.24, 2.45) is 17.6 Å². The van der Waals surface area contributed by atoms with Gasteiger partial charge in [-0.05, 0) is 12.3 Å². The molecule has 1 amide bonds. The average Bonchev–Trinajstić information content (AvgIpc) is 2.75. The minimum absolute atomic E-state index is 0.173. The number of nitrogens with two attached hydrogens (primary N) is 1. The molecule has 0 saturated heterocycles. The number of nitrogens with one attached hydrogen (secondary N) is 1. The number of primary amides is 1. The minimum atomic E-state index is -1.02. The summed E-state index contributed by atoms with van der Waals surface area (Å²) in [6.07, 6.45) is 3.68. The van der Waals surface area contributed by atoms with E-state index in [-0.39, 0.29) is 12.3 Å². The summed E-state index contributed by atoms with van der Waals surface area (Å²) in [4.78, 5) is 29.3. The first-order chi connectivity index (χ1) is 8.41.